The Morgan fingerprint density at radius 1 is 0.905 bits per heavy atom. The highest BCUT2D eigenvalue weighted by molar-refractivity contribution is 5.74. The molecule has 0 amide bonds. The molecule has 0 aromatic heterocycles. The number of methoxy groups -OCH3 is 1. The number of hydrogen-bond acceptors (Lipinski definition) is 2. The molecule has 0 aliphatic heterocycles. The molecule has 0 radical (unpaired) electrons. The van der Waals surface area contributed by atoms with Gasteiger partial charge in [0.2, 0.25) is 0 Å². The van der Waals surface area contributed by atoms with Gasteiger partial charge in [0.05, 0.1) is 12.2 Å². The van der Waals surface area contributed by atoms with Crippen molar-refractivity contribution in [3.63, 3.8) is 0 Å². The topological polar surface area (TPSA) is 18.5 Å². The Hall–Kier alpha value is -2.01. The van der Waals surface area contributed by atoms with Crippen LogP contribution in [0.4, 0.5) is 13.2 Å². The first-order chi connectivity index (χ1) is 10.0. The summed E-state index contributed by atoms with van der Waals surface area (Å²) in [5.41, 5.74) is -0.178. The molecular weight excluding hydrogens is 281 g/mol. The standard InChI is InChI=1S/C16H15F3O2/c1-20-10-11-21-14-9-5-8-13(16(17,18)19)15(14)12-6-3-2-4-7-12/h2-9H,10-11H2,1H3. The van der Waals surface area contributed by atoms with Crippen LogP contribution in [0.1, 0.15) is 5.56 Å². The third-order valence-corrected chi connectivity index (χ3v) is 2.94. The van der Waals surface area contributed by atoms with E-state index < -0.39 is 11.7 Å². The smallest absolute Gasteiger partial charge is 0.417 e. The summed E-state index contributed by atoms with van der Waals surface area (Å²) in [6.07, 6.45) is -4.44. The fourth-order valence-corrected chi connectivity index (χ4v) is 2.03. The van der Waals surface area contributed by atoms with Crippen LogP contribution in [0.3, 0.4) is 0 Å². The van der Waals surface area contributed by atoms with Gasteiger partial charge >= 0.3 is 6.18 Å². The summed E-state index contributed by atoms with van der Waals surface area (Å²) < 4.78 is 50.0. The SMILES string of the molecule is COCCOc1cccc(C(F)(F)F)c1-c1ccccc1. The van der Waals surface area contributed by atoms with Crippen LogP contribution in [-0.4, -0.2) is 20.3 Å². The molecule has 0 bridgehead atoms. The zero-order valence-corrected chi connectivity index (χ0v) is 11.5. The number of benzene rings is 2. The van der Waals surface area contributed by atoms with Crippen molar-refractivity contribution >= 4 is 0 Å². The zero-order valence-electron chi connectivity index (χ0n) is 11.5. The van der Waals surface area contributed by atoms with Gasteiger partial charge in [0, 0.05) is 12.7 Å². The number of alkyl halides is 3. The minimum absolute atomic E-state index is 0.0571. The van der Waals surface area contributed by atoms with Crippen molar-refractivity contribution in [2.24, 2.45) is 0 Å². The van der Waals surface area contributed by atoms with Gasteiger partial charge in [0.15, 0.2) is 0 Å². The Bertz CT molecular complexity index is 580. The third-order valence-electron chi connectivity index (χ3n) is 2.94. The maximum absolute atomic E-state index is 13.2. The van der Waals surface area contributed by atoms with Crippen molar-refractivity contribution < 1.29 is 22.6 Å². The highest BCUT2D eigenvalue weighted by atomic mass is 19.4. The van der Waals surface area contributed by atoms with E-state index >= 15 is 0 Å². The van der Waals surface area contributed by atoms with E-state index in [9.17, 15) is 13.2 Å². The molecule has 0 saturated carbocycles. The molecule has 0 unspecified atom stereocenters. The fraction of sp³-hybridized carbons (Fsp3) is 0.250. The molecule has 0 N–H and O–H groups in total. The van der Waals surface area contributed by atoms with Crippen LogP contribution in [0.2, 0.25) is 0 Å². The van der Waals surface area contributed by atoms with Crippen LogP contribution in [0.25, 0.3) is 11.1 Å². The molecule has 2 nitrogen and oxygen atoms in total. The quantitative estimate of drug-likeness (QED) is 0.761. The van der Waals surface area contributed by atoms with Crippen LogP contribution in [0, 0.1) is 0 Å². The largest absolute Gasteiger partial charge is 0.491 e. The molecule has 21 heavy (non-hydrogen) atoms. The maximum Gasteiger partial charge on any atom is 0.417 e. The van der Waals surface area contributed by atoms with Crippen LogP contribution in [0.5, 0.6) is 5.75 Å². The summed E-state index contributed by atoms with van der Waals surface area (Å²) in [4.78, 5) is 0. The summed E-state index contributed by atoms with van der Waals surface area (Å²) in [7, 11) is 1.51. The molecule has 0 heterocycles. The van der Waals surface area contributed by atoms with E-state index in [0.717, 1.165) is 6.07 Å². The minimum Gasteiger partial charge on any atom is -0.491 e. The second kappa shape index (κ2) is 6.63. The molecule has 112 valence electrons. The Morgan fingerprint density at radius 2 is 1.62 bits per heavy atom. The predicted molar refractivity (Wildman–Crippen MR) is 74.3 cm³/mol. The van der Waals surface area contributed by atoms with Crippen LogP contribution in [0.15, 0.2) is 48.5 Å². The lowest BCUT2D eigenvalue weighted by atomic mass is 9.98. The first kappa shape index (κ1) is 15.4. The van der Waals surface area contributed by atoms with Crippen molar-refractivity contribution in [2.45, 2.75) is 6.18 Å². The van der Waals surface area contributed by atoms with Gasteiger partial charge in [-0.05, 0) is 17.7 Å². The van der Waals surface area contributed by atoms with Gasteiger partial charge in [-0.1, -0.05) is 36.4 Å². The van der Waals surface area contributed by atoms with Crippen molar-refractivity contribution in [2.75, 3.05) is 20.3 Å². The van der Waals surface area contributed by atoms with E-state index in [-0.39, 0.29) is 17.9 Å². The molecule has 0 atom stereocenters. The summed E-state index contributed by atoms with van der Waals surface area (Å²) in [6.45, 7) is 0.502. The number of halogens is 3. The predicted octanol–water partition coefficient (Wildman–Crippen LogP) is 4.40. The number of hydrogen-bond donors (Lipinski definition) is 0. The molecule has 0 saturated heterocycles. The Morgan fingerprint density at radius 3 is 2.24 bits per heavy atom. The summed E-state index contributed by atoms with van der Waals surface area (Å²) in [5, 5.41) is 0. The van der Waals surface area contributed by atoms with E-state index in [2.05, 4.69) is 0 Å². The first-order valence-electron chi connectivity index (χ1n) is 6.41. The lowest BCUT2D eigenvalue weighted by molar-refractivity contribution is -0.137. The average molecular weight is 296 g/mol. The summed E-state index contributed by atoms with van der Waals surface area (Å²) in [6, 6.07) is 12.4. The lowest BCUT2D eigenvalue weighted by Crippen LogP contribution is -2.10. The van der Waals surface area contributed by atoms with E-state index in [1.54, 1.807) is 30.3 Å². The van der Waals surface area contributed by atoms with Gasteiger partial charge < -0.3 is 9.47 Å². The minimum atomic E-state index is -4.44. The van der Waals surface area contributed by atoms with Crippen molar-refractivity contribution in [1.29, 1.82) is 0 Å². The third kappa shape index (κ3) is 3.76. The number of ether oxygens (including phenoxy) is 2. The molecular formula is C16H15F3O2. The van der Waals surface area contributed by atoms with Gasteiger partial charge in [-0.2, -0.15) is 13.2 Å². The van der Waals surface area contributed by atoms with E-state index in [1.165, 1.54) is 19.2 Å². The summed E-state index contributed by atoms with van der Waals surface area (Å²) in [5.74, 6) is 0.202. The van der Waals surface area contributed by atoms with Crippen molar-refractivity contribution in [3.8, 4) is 16.9 Å². The highest BCUT2D eigenvalue weighted by Crippen LogP contribution is 2.41. The van der Waals surface area contributed by atoms with E-state index in [4.69, 9.17) is 9.47 Å². The first-order valence-corrected chi connectivity index (χ1v) is 6.41. The lowest BCUT2D eigenvalue weighted by Gasteiger charge is -2.17. The molecule has 0 spiro atoms. The second-order valence-corrected chi connectivity index (χ2v) is 4.38. The van der Waals surface area contributed by atoms with Crippen LogP contribution in [-0.2, 0) is 10.9 Å². The molecule has 0 aliphatic rings. The van der Waals surface area contributed by atoms with E-state index in [0.29, 0.717) is 12.2 Å². The van der Waals surface area contributed by atoms with Gasteiger partial charge in [-0.25, -0.2) is 0 Å². The van der Waals surface area contributed by atoms with Gasteiger partial charge in [0.1, 0.15) is 12.4 Å². The Kier molecular flexibility index (Phi) is 4.85. The molecule has 2 aromatic rings. The monoisotopic (exact) mass is 296 g/mol. The zero-order chi connectivity index (χ0) is 15.3. The van der Waals surface area contributed by atoms with Crippen LogP contribution >= 0.6 is 0 Å². The maximum atomic E-state index is 13.2. The Balaban J connectivity index is 2.50. The highest BCUT2D eigenvalue weighted by Gasteiger charge is 2.35. The molecule has 0 aliphatic carbocycles. The van der Waals surface area contributed by atoms with Gasteiger partial charge in [-0.15, -0.1) is 0 Å². The Labute approximate surface area is 121 Å². The van der Waals surface area contributed by atoms with Gasteiger partial charge in [-0.3, -0.25) is 0 Å². The second-order valence-electron chi connectivity index (χ2n) is 4.38. The van der Waals surface area contributed by atoms with Crippen LogP contribution < -0.4 is 4.74 Å². The van der Waals surface area contributed by atoms with Crippen molar-refractivity contribution in [3.05, 3.63) is 54.1 Å². The molecule has 0 fully saturated rings. The molecule has 2 rings (SSSR count). The molecule has 2 aromatic carbocycles. The molecule has 5 heteroatoms. The van der Waals surface area contributed by atoms with E-state index in [1.807, 2.05) is 0 Å². The van der Waals surface area contributed by atoms with Gasteiger partial charge in [0.25, 0.3) is 0 Å². The summed E-state index contributed by atoms with van der Waals surface area (Å²) >= 11 is 0. The number of rotatable bonds is 5. The van der Waals surface area contributed by atoms with Crippen molar-refractivity contribution in [1.82, 2.24) is 0 Å². The fourth-order valence-electron chi connectivity index (χ4n) is 2.03. The normalized spacial score (nSPS) is 11.4. The average Bonchev–Trinajstić information content (AvgIpc) is 2.47.